The molecule has 0 aliphatic heterocycles. The van der Waals surface area contributed by atoms with Gasteiger partial charge in [0.15, 0.2) is 0 Å². The van der Waals surface area contributed by atoms with Crippen LogP contribution in [0.15, 0.2) is 18.2 Å². The van der Waals surface area contributed by atoms with E-state index in [1.807, 2.05) is 13.0 Å². The van der Waals surface area contributed by atoms with Crippen LogP contribution >= 0.6 is 0 Å². The summed E-state index contributed by atoms with van der Waals surface area (Å²) >= 11 is 0. The summed E-state index contributed by atoms with van der Waals surface area (Å²) in [6, 6.07) is 6.49. The Morgan fingerprint density at radius 2 is 2.20 bits per heavy atom. The molecule has 0 radical (unpaired) electrons. The molecule has 1 aromatic rings. The molecular weight excluding hydrogens is 193 g/mol. The van der Waals surface area contributed by atoms with Crippen molar-refractivity contribution in [1.82, 2.24) is 0 Å². The summed E-state index contributed by atoms with van der Waals surface area (Å²) in [4.78, 5) is 0. The first-order valence-electron chi connectivity index (χ1n) is 4.72. The molecule has 4 nitrogen and oxygen atoms in total. The molecule has 0 aliphatic carbocycles. The Morgan fingerprint density at radius 3 is 2.73 bits per heavy atom. The summed E-state index contributed by atoms with van der Waals surface area (Å²) < 4.78 is 5.32. The summed E-state index contributed by atoms with van der Waals surface area (Å²) in [5.74, 6) is 0.408. The first-order chi connectivity index (χ1) is 7.19. The van der Waals surface area contributed by atoms with E-state index in [2.05, 4.69) is 0 Å². The average Bonchev–Trinajstić information content (AvgIpc) is 2.26. The van der Waals surface area contributed by atoms with Crippen molar-refractivity contribution in [3.8, 4) is 11.8 Å². The van der Waals surface area contributed by atoms with E-state index in [1.165, 1.54) is 6.07 Å². The van der Waals surface area contributed by atoms with E-state index in [1.54, 1.807) is 12.1 Å². The standard InChI is InChI=1S/C10H12BNO3/c1-2-5-15-10-4-3-8(7-12)6-9(10)11(13)14/h3-4,6,13-14H,2,5H2,1H3. The van der Waals surface area contributed by atoms with Crippen LogP contribution in [0.3, 0.4) is 0 Å². The van der Waals surface area contributed by atoms with Gasteiger partial charge in [-0.3, -0.25) is 0 Å². The molecule has 5 heteroatoms. The lowest BCUT2D eigenvalue weighted by Crippen LogP contribution is -2.31. The van der Waals surface area contributed by atoms with Gasteiger partial charge in [-0.1, -0.05) is 6.92 Å². The SMILES string of the molecule is CCCOc1ccc(C#N)cc1B(O)O. The Morgan fingerprint density at radius 1 is 1.47 bits per heavy atom. The topological polar surface area (TPSA) is 73.5 Å². The molecule has 0 fully saturated rings. The Balaban J connectivity index is 3.00. The second-order valence-electron chi connectivity index (χ2n) is 3.09. The molecule has 0 amide bonds. The minimum Gasteiger partial charge on any atom is -0.494 e. The Bertz CT molecular complexity index is 373. The van der Waals surface area contributed by atoms with Crippen LogP contribution < -0.4 is 10.2 Å². The van der Waals surface area contributed by atoms with Gasteiger partial charge in [-0.25, -0.2) is 0 Å². The van der Waals surface area contributed by atoms with E-state index < -0.39 is 7.12 Å². The Labute approximate surface area is 88.9 Å². The summed E-state index contributed by atoms with van der Waals surface area (Å²) in [6.07, 6.45) is 0.834. The molecule has 0 atom stereocenters. The van der Waals surface area contributed by atoms with Crippen LogP contribution in [0.2, 0.25) is 0 Å². The van der Waals surface area contributed by atoms with Crippen LogP contribution in [0.1, 0.15) is 18.9 Å². The summed E-state index contributed by atoms with van der Waals surface area (Å²) in [5, 5.41) is 26.8. The zero-order valence-corrected chi connectivity index (χ0v) is 8.47. The van der Waals surface area contributed by atoms with Crippen LogP contribution in [0.25, 0.3) is 0 Å². The van der Waals surface area contributed by atoms with E-state index >= 15 is 0 Å². The lowest BCUT2D eigenvalue weighted by Gasteiger charge is -2.10. The highest BCUT2D eigenvalue weighted by molar-refractivity contribution is 6.59. The van der Waals surface area contributed by atoms with Crippen molar-refractivity contribution in [3.63, 3.8) is 0 Å². The monoisotopic (exact) mass is 205 g/mol. The molecule has 2 N–H and O–H groups in total. The van der Waals surface area contributed by atoms with Gasteiger partial charge in [0.1, 0.15) is 5.75 Å². The fourth-order valence-electron chi connectivity index (χ4n) is 1.16. The molecule has 0 aromatic heterocycles. The Hall–Kier alpha value is -1.51. The molecule has 0 unspecified atom stereocenters. The van der Waals surface area contributed by atoms with Crippen LogP contribution in [0, 0.1) is 11.3 Å². The van der Waals surface area contributed by atoms with Gasteiger partial charge in [0.25, 0.3) is 0 Å². The largest absolute Gasteiger partial charge is 0.494 e. The molecule has 1 rings (SSSR count). The van der Waals surface area contributed by atoms with Gasteiger partial charge in [-0.05, 0) is 24.6 Å². The van der Waals surface area contributed by atoms with E-state index in [4.69, 9.17) is 20.0 Å². The van der Waals surface area contributed by atoms with E-state index in [-0.39, 0.29) is 5.46 Å². The maximum Gasteiger partial charge on any atom is 0.492 e. The zero-order valence-electron chi connectivity index (χ0n) is 8.47. The fraction of sp³-hybridized carbons (Fsp3) is 0.300. The summed E-state index contributed by atoms with van der Waals surface area (Å²) in [7, 11) is -1.62. The van der Waals surface area contributed by atoms with Gasteiger partial charge >= 0.3 is 7.12 Å². The maximum absolute atomic E-state index is 9.09. The lowest BCUT2D eigenvalue weighted by atomic mass is 9.79. The first kappa shape index (κ1) is 11.6. The molecule has 78 valence electrons. The summed E-state index contributed by atoms with van der Waals surface area (Å²) in [5.41, 5.74) is 0.601. The van der Waals surface area contributed by atoms with Crippen molar-refractivity contribution >= 4 is 12.6 Å². The number of hydrogen-bond acceptors (Lipinski definition) is 4. The molecule has 0 bridgehead atoms. The van der Waals surface area contributed by atoms with Gasteiger partial charge in [-0.2, -0.15) is 5.26 Å². The smallest absolute Gasteiger partial charge is 0.492 e. The van der Waals surface area contributed by atoms with E-state index in [0.29, 0.717) is 17.9 Å². The van der Waals surface area contributed by atoms with Crippen LogP contribution in [-0.2, 0) is 0 Å². The minimum atomic E-state index is -1.62. The first-order valence-corrected chi connectivity index (χ1v) is 4.72. The number of rotatable bonds is 4. The number of nitriles is 1. The molecule has 0 aliphatic rings. The molecule has 1 aromatic carbocycles. The molecule has 15 heavy (non-hydrogen) atoms. The van der Waals surface area contributed by atoms with Gasteiger partial charge in [-0.15, -0.1) is 0 Å². The zero-order chi connectivity index (χ0) is 11.3. The number of hydrogen-bond donors (Lipinski definition) is 2. The van der Waals surface area contributed by atoms with E-state index in [0.717, 1.165) is 6.42 Å². The van der Waals surface area contributed by atoms with Crippen molar-refractivity contribution < 1.29 is 14.8 Å². The van der Waals surface area contributed by atoms with Crippen LogP contribution in [-0.4, -0.2) is 23.8 Å². The Kier molecular flexibility index (Phi) is 4.16. The van der Waals surface area contributed by atoms with Crippen molar-refractivity contribution in [3.05, 3.63) is 23.8 Å². The second kappa shape index (κ2) is 5.39. The predicted octanol–water partition coefficient (Wildman–Crippen LogP) is 0.0269. The van der Waals surface area contributed by atoms with Crippen LogP contribution in [0.5, 0.6) is 5.75 Å². The van der Waals surface area contributed by atoms with Crippen molar-refractivity contribution in [2.75, 3.05) is 6.61 Å². The molecule has 0 saturated carbocycles. The highest BCUT2D eigenvalue weighted by Gasteiger charge is 2.17. The molecule has 0 spiro atoms. The lowest BCUT2D eigenvalue weighted by molar-refractivity contribution is 0.317. The second-order valence-corrected chi connectivity index (χ2v) is 3.09. The third kappa shape index (κ3) is 2.98. The number of ether oxygens (including phenoxy) is 1. The number of nitrogens with zero attached hydrogens (tertiary/aromatic N) is 1. The highest BCUT2D eigenvalue weighted by Crippen LogP contribution is 2.10. The van der Waals surface area contributed by atoms with Crippen molar-refractivity contribution in [1.29, 1.82) is 5.26 Å². The highest BCUT2D eigenvalue weighted by atomic mass is 16.5. The average molecular weight is 205 g/mol. The summed E-state index contributed by atoms with van der Waals surface area (Å²) in [6.45, 7) is 2.46. The quantitative estimate of drug-likeness (QED) is 0.680. The van der Waals surface area contributed by atoms with Gasteiger partial charge in [0.05, 0.1) is 18.2 Å². The fourth-order valence-corrected chi connectivity index (χ4v) is 1.16. The van der Waals surface area contributed by atoms with Crippen molar-refractivity contribution in [2.45, 2.75) is 13.3 Å². The molecule has 0 saturated heterocycles. The third-order valence-corrected chi connectivity index (χ3v) is 1.88. The third-order valence-electron chi connectivity index (χ3n) is 1.88. The molecule has 0 heterocycles. The van der Waals surface area contributed by atoms with Crippen LogP contribution in [0.4, 0.5) is 0 Å². The molecular formula is C10H12BNO3. The predicted molar refractivity (Wildman–Crippen MR) is 56.8 cm³/mol. The minimum absolute atomic E-state index is 0.225. The van der Waals surface area contributed by atoms with Gasteiger partial charge in [0.2, 0.25) is 0 Å². The number of benzene rings is 1. The van der Waals surface area contributed by atoms with Crippen molar-refractivity contribution in [2.24, 2.45) is 0 Å². The van der Waals surface area contributed by atoms with Gasteiger partial charge in [0, 0.05) is 5.46 Å². The normalized spacial score (nSPS) is 9.47. The maximum atomic E-state index is 9.09. The van der Waals surface area contributed by atoms with Gasteiger partial charge < -0.3 is 14.8 Å². The van der Waals surface area contributed by atoms with E-state index in [9.17, 15) is 0 Å².